The number of para-hydroxylation sites is 3. The zero-order valence-corrected chi connectivity index (χ0v) is 16.2. The molecule has 0 spiro atoms. The molecule has 148 valence electrons. The Kier molecular flexibility index (Phi) is 6.95. The Bertz CT molecular complexity index is 946. The molecule has 2 amide bonds. The Morgan fingerprint density at radius 1 is 0.966 bits per heavy atom. The predicted molar refractivity (Wildman–Crippen MR) is 112 cm³/mol. The van der Waals surface area contributed by atoms with E-state index in [9.17, 15) is 9.59 Å². The summed E-state index contributed by atoms with van der Waals surface area (Å²) in [5.74, 6) is 0.954. The number of aromatic nitrogens is 1. The number of hydrogen-bond donors (Lipinski definition) is 1. The van der Waals surface area contributed by atoms with Gasteiger partial charge in [0, 0.05) is 38.8 Å². The molecule has 3 rings (SSSR count). The molecule has 6 heteroatoms. The molecule has 1 aromatic heterocycles. The molecule has 0 atom stereocenters. The second-order valence-electron chi connectivity index (χ2n) is 6.44. The lowest BCUT2D eigenvalue weighted by Gasteiger charge is -2.23. The van der Waals surface area contributed by atoms with E-state index in [4.69, 9.17) is 4.74 Å². The van der Waals surface area contributed by atoms with Gasteiger partial charge in [0.25, 0.3) is 0 Å². The molecule has 2 aromatic carbocycles. The minimum atomic E-state index is -0.156. The molecule has 0 saturated carbocycles. The van der Waals surface area contributed by atoms with Gasteiger partial charge in [-0.2, -0.15) is 0 Å². The average Bonchev–Trinajstić information content (AvgIpc) is 2.75. The largest absolute Gasteiger partial charge is 0.455 e. The minimum absolute atomic E-state index is 0.130. The molecule has 0 radical (unpaired) electrons. The van der Waals surface area contributed by atoms with Crippen LogP contribution >= 0.6 is 0 Å². The van der Waals surface area contributed by atoms with Crippen LogP contribution in [0.3, 0.4) is 0 Å². The van der Waals surface area contributed by atoms with Crippen LogP contribution in [-0.2, 0) is 16.1 Å². The van der Waals surface area contributed by atoms with E-state index in [2.05, 4.69) is 10.3 Å². The van der Waals surface area contributed by atoms with Crippen molar-refractivity contribution >= 4 is 17.5 Å². The van der Waals surface area contributed by atoms with Crippen molar-refractivity contribution in [2.75, 3.05) is 11.4 Å². The van der Waals surface area contributed by atoms with Gasteiger partial charge < -0.3 is 15.0 Å². The van der Waals surface area contributed by atoms with Crippen molar-refractivity contribution in [3.63, 3.8) is 0 Å². The van der Waals surface area contributed by atoms with Crippen molar-refractivity contribution in [2.45, 2.75) is 19.9 Å². The minimum Gasteiger partial charge on any atom is -0.455 e. The maximum absolute atomic E-state index is 12.3. The predicted octanol–water partition coefficient (Wildman–Crippen LogP) is 3.93. The third-order valence-electron chi connectivity index (χ3n) is 4.31. The number of rotatable bonds is 8. The van der Waals surface area contributed by atoms with Crippen LogP contribution < -0.4 is 15.0 Å². The molecule has 1 N–H and O–H groups in total. The fraction of sp³-hybridized carbons (Fsp3) is 0.174. The average molecular weight is 389 g/mol. The van der Waals surface area contributed by atoms with Crippen LogP contribution in [0.4, 0.5) is 5.69 Å². The summed E-state index contributed by atoms with van der Waals surface area (Å²) < 4.78 is 5.95. The summed E-state index contributed by atoms with van der Waals surface area (Å²) in [5.41, 5.74) is 1.60. The molecule has 0 saturated heterocycles. The standard InChI is InChI=1S/C23H23N3O3/c1-18(27)26(16-13-23(28)25-17-19-11-14-24-15-12-19)21-9-5-6-10-22(21)29-20-7-3-2-4-8-20/h2-12,14-15H,13,16-17H2,1H3,(H,25,28). The lowest BCUT2D eigenvalue weighted by Crippen LogP contribution is -2.34. The van der Waals surface area contributed by atoms with Crippen LogP contribution in [0.5, 0.6) is 11.5 Å². The first kappa shape index (κ1) is 20.1. The van der Waals surface area contributed by atoms with Gasteiger partial charge in [0.15, 0.2) is 5.75 Å². The summed E-state index contributed by atoms with van der Waals surface area (Å²) in [4.78, 5) is 30.0. The lowest BCUT2D eigenvalue weighted by atomic mass is 10.2. The van der Waals surface area contributed by atoms with Crippen molar-refractivity contribution < 1.29 is 14.3 Å². The number of pyridine rings is 1. The van der Waals surface area contributed by atoms with E-state index in [0.717, 1.165) is 5.56 Å². The molecule has 0 aliphatic heterocycles. The van der Waals surface area contributed by atoms with E-state index in [1.54, 1.807) is 17.3 Å². The number of nitrogens with one attached hydrogen (secondary N) is 1. The Balaban J connectivity index is 1.65. The van der Waals surface area contributed by atoms with E-state index >= 15 is 0 Å². The Morgan fingerprint density at radius 3 is 2.38 bits per heavy atom. The fourth-order valence-corrected chi connectivity index (χ4v) is 2.83. The van der Waals surface area contributed by atoms with Gasteiger partial charge >= 0.3 is 0 Å². The quantitative estimate of drug-likeness (QED) is 0.634. The van der Waals surface area contributed by atoms with Crippen molar-refractivity contribution in [1.82, 2.24) is 10.3 Å². The molecule has 29 heavy (non-hydrogen) atoms. The molecular formula is C23H23N3O3. The first-order valence-electron chi connectivity index (χ1n) is 9.39. The highest BCUT2D eigenvalue weighted by molar-refractivity contribution is 5.94. The first-order chi connectivity index (χ1) is 14.1. The number of nitrogens with zero attached hydrogens (tertiary/aromatic N) is 2. The number of hydrogen-bond acceptors (Lipinski definition) is 4. The topological polar surface area (TPSA) is 71.5 Å². The van der Waals surface area contributed by atoms with Crippen LogP contribution in [0, 0.1) is 0 Å². The number of anilines is 1. The number of amides is 2. The lowest BCUT2D eigenvalue weighted by molar-refractivity contribution is -0.121. The summed E-state index contributed by atoms with van der Waals surface area (Å²) in [5, 5.41) is 2.86. The van der Waals surface area contributed by atoms with Gasteiger partial charge in [0.1, 0.15) is 5.75 Å². The van der Waals surface area contributed by atoms with E-state index in [1.165, 1.54) is 6.92 Å². The van der Waals surface area contributed by atoms with Crippen molar-refractivity contribution in [2.24, 2.45) is 0 Å². The SMILES string of the molecule is CC(=O)N(CCC(=O)NCc1ccncc1)c1ccccc1Oc1ccccc1. The van der Waals surface area contributed by atoms with E-state index in [1.807, 2.05) is 66.7 Å². The highest BCUT2D eigenvalue weighted by atomic mass is 16.5. The van der Waals surface area contributed by atoms with Gasteiger partial charge in [0.2, 0.25) is 11.8 Å². The number of ether oxygens (including phenoxy) is 1. The molecule has 0 unspecified atom stereocenters. The number of carbonyl (C=O) groups is 2. The van der Waals surface area contributed by atoms with Gasteiger partial charge in [-0.1, -0.05) is 30.3 Å². The van der Waals surface area contributed by atoms with Crippen LogP contribution in [0.1, 0.15) is 18.9 Å². The summed E-state index contributed by atoms with van der Waals surface area (Å²) in [6.45, 7) is 2.16. The van der Waals surface area contributed by atoms with Crippen molar-refractivity contribution in [1.29, 1.82) is 0 Å². The fourth-order valence-electron chi connectivity index (χ4n) is 2.83. The summed E-state index contributed by atoms with van der Waals surface area (Å²) in [6, 6.07) is 20.4. The molecule has 0 fully saturated rings. The third-order valence-corrected chi connectivity index (χ3v) is 4.31. The highest BCUT2D eigenvalue weighted by Gasteiger charge is 2.18. The molecule has 3 aromatic rings. The normalized spacial score (nSPS) is 10.2. The number of carbonyl (C=O) groups excluding carboxylic acids is 2. The molecule has 6 nitrogen and oxygen atoms in total. The third kappa shape index (κ3) is 5.90. The number of benzene rings is 2. The monoisotopic (exact) mass is 389 g/mol. The van der Waals surface area contributed by atoms with Crippen LogP contribution in [0.2, 0.25) is 0 Å². The zero-order chi connectivity index (χ0) is 20.5. The Hall–Kier alpha value is -3.67. The van der Waals surface area contributed by atoms with Gasteiger partial charge in [0.05, 0.1) is 5.69 Å². The second kappa shape index (κ2) is 10.0. The maximum Gasteiger partial charge on any atom is 0.223 e. The Morgan fingerprint density at radius 2 is 1.66 bits per heavy atom. The molecule has 0 bridgehead atoms. The van der Waals surface area contributed by atoms with E-state index in [-0.39, 0.29) is 24.8 Å². The van der Waals surface area contributed by atoms with Crippen LogP contribution in [-0.4, -0.2) is 23.3 Å². The summed E-state index contributed by atoms with van der Waals surface area (Å²) >= 11 is 0. The van der Waals surface area contributed by atoms with Crippen molar-refractivity contribution in [3.05, 3.63) is 84.7 Å². The summed E-state index contributed by atoms with van der Waals surface area (Å²) in [6.07, 6.45) is 3.55. The van der Waals surface area contributed by atoms with Gasteiger partial charge in [-0.05, 0) is 42.0 Å². The van der Waals surface area contributed by atoms with Crippen molar-refractivity contribution in [3.8, 4) is 11.5 Å². The zero-order valence-electron chi connectivity index (χ0n) is 16.2. The van der Waals surface area contributed by atoms with Gasteiger partial charge in [-0.25, -0.2) is 0 Å². The van der Waals surface area contributed by atoms with E-state index < -0.39 is 0 Å². The first-order valence-corrected chi connectivity index (χ1v) is 9.39. The Labute approximate surface area is 170 Å². The van der Waals surface area contributed by atoms with Crippen LogP contribution in [0.15, 0.2) is 79.1 Å². The molecular weight excluding hydrogens is 366 g/mol. The second-order valence-corrected chi connectivity index (χ2v) is 6.44. The van der Waals surface area contributed by atoms with Gasteiger partial charge in [-0.15, -0.1) is 0 Å². The maximum atomic E-state index is 12.3. The molecule has 0 aliphatic carbocycles. The highest BCUT2D eigenvalue weighted by Crippen LogP contribution is 2.32. The molecule has 1 heterocycles. The molecule has 0 aliphatic rings. The smallest absolute Gasteiger partial charge is 0.223 e. The van der Waals surface area contributed by atoms with Gasteiger partial charge in [-0.3, -0.25) is 14.6 Å². The van der Waals surface area contributed by atoms with E-state index in [0.29, 0.717) is 23.7 Å². The summed E-state index contributed by atoms with van der Waals surface area (Å²) in [7, 11) is 0. The van der Waals surface area contributed by atoms with Crippen LogP contribution in [0.25, 0.3) is 0 Å².